The molecule has 0 aliphatic carbocycles. The molecule has 62 valence electrons. The Bertz CT molecular complexity index is 226. The number of aliphatic hydroxyl groups excluding tert-OH is 1. The zero-order valence-electron chi connectivity index (χ0n) is 6.23. The van der Waals surface area contributed by atoms with Crippen LogP contribution in [0.3, 0.4) is 0 Å². The molecule has 1 aromatic rings. The van der Waals surface area contributed by atoms with Crippen molar-refractivity contribution in [1.29, 1.82) is 0 Å². The van der Waals surface area contributed by atoms with Crippen LogP contribution in [0.4, 0.5) is 5.95 Å². The van der Waals surface area contributed by atoms with Crippen LogP contribution in [0, 0.1) is 0 Å². The number of nitrogen functional groups attached to an aromatic ring is 1. The second-order valence-corrected chi connectivity index (χ2v) is 2.24. The molecule has 1 aromatic heterocycles. The van der Waals surface area contributed by atoms with Gasteiger partial charge in [-0.3, -0.25) is 0 Å². The maximum absolute atomic E-state index is 8.63. The Morgan fingerprint density at radius 1 is 1.73 bits per heavy atom. The molecule has 6 heteroatoms. The van der Waals surface area contributed by atoms with Gasteiger partial charge in [0.2, 0.25) is 5.95 Å². The van der Waals surface area contributed by atoms with Gasteiger partial charge in [0.25, 0.3) is 0 Å². The summed E-state index contributed by atoms with van der Waals surface area (Å²) in [4.78, 5) is 3.83. The molecule has 11 heavy (non-hydrogen) atoms. The summed E-state index contributed by atoms with van der Waals surface area (Å²) in [6.45, 7) is -0.177. The average Bonchev–Trinajstić information content (AvgIpc) is 2.31. The fourth-order valence-corrected chi connectivity index (χ4v) is 0.656. The van der Waals surface area contributed by atoms with Crippen LogP contribution in [0.1, 0.15) is 11.9 Å². The van der Waals surface area contributed by atoms with Crippen molar-refractivity contribution in [3.63, 3.8) is 0 Å². The molecule has 0 radical (unpaired) electrons. The molecule has 0 amide bonds. The van der Waals surface area contributed by atoms with E-state index >= 15 is 0 Å². The van der Waals surface area contributed by atoms with Gasteiger partial charge in [-0.25, -0.2) is 4.68 Å². The van der Waals surface area contributed by atoms with Crippen molar-refractivity contribution >= 4 is 5.95 Å². The summed E-state index contributed by atoms with van der Waals surface area (Å²) in [6, 6.07) is -0.543. The van der Waals surface area contributed by atoms with Gasteiger partial charge in [0.1, 0.15) is 0 Å². The lowest BCUT2D eigenvalue weighted by molar-refractivity contribution is 0.263. The molecule has 5 N–H and O–H groups in total. The molecule has 1 rings (SSSR count). The van der Waals surface area contributed by atoms with Gasteiger partial charge < -0.3 is 16.6 Å². The van der Waals surface area contributed by atoms with E-state index in [2.05, 4.69) is 10.1 Å². The van der Waals surface area contributed by atoms with E-state index in [0.29, 0.717) is 11.8 Å². The Kier molecular flexibility index (Phi) is 2.06. The van der Waals surface area contributed by atoms with Crippen LogP contribution in [-0.4, -0.2) is 26.5 Å². The van der Waals surface area contributed by atoms with Crippen LogP contribution in [0.2, 0.25) is 0 Å². The minimum Gasteiger partial charge on any atom is -0.394 e. The van der Waals surface area contributed by atoms with Crippen LogP contribution in [0.5, 0.6) is 0 Å². The van der Waals surface area contributed by atoms with Crippen LogP contribution >= 0.6 is 0 Å². The zero-order chi connectivity index (χ0) is 8.43. The van der Waals surface area contributed by atoms with Crippen molar-refractivity contribution in [3.8, 4) is 0 Å². The van der Waals surface area contributed by atoms with Crippen molar-refractivity contribution < 1.29 is 5.11 Å². The fourth-order valence-electron chi connectivity index (χ4n) is 0.656. The van der Waals surface area contributed by atoms with Gasteiger partial charge in [-0.05, 0) is 0 Å². The molecule has 0 fully saturated rings. The summed E-state index contributed by atoms with van der Waals surface area (Å²) in [5.74, 6) is 0.663. The van der Waals surface area contributed by atoms with Gasteiger partial charge in [0, 0.05) is 7.05 Å². The number of rotatable bonds is 2. The predicted octanol–water partition coefficient (Wildman–Crippen LogP) is -1.61. The van der Waals surface area contributed by atoms with Gasteiger partial charge in [0.15, 0.2) is 5.82 Å². The van der Waals surface area contributed by atoms with E-state index in [9.17, 15) is 0 Å². The number of hydrogen-bond acceptors (Lipinski definition) is 5. The summed E-state index contributed by atoms with van der Waals surface area (Å²) in [6.07, 6.45) is 0. The highest BCUT2D eigenvalue weighted by Gasteiger charge is 2.10. The lowest BCUT2D eigenvalue weighted by Gasteiger charge is -1.99. The summed E-state index contributed by atoms with van der Waals surface area (Å²) < 4.78 is 1.41. The molecule has 0 aromatic carbocycles. The Balaban J connectivity index is 2.88. The predicted molar refractivity (Wildman–Crippen MR) is 39.4 cm³/mol. The van der Waals surface area contributed by atoms with Crippen LogP contribution in [-0.2, 0) is 7.05 Å². The maximum Gasteiger partial charge on any atom is 0.218 e. The van der Waals surface area contributed by atoms with Crippen molar-refractivity contribution in [2.45, 2.75) is 6.04 Å². The average molecular weight is 157 g/mol. The number of nitrogens with two attached hydrogens (primary N) is 2. The van der Waals surface area contributed by atoms with E-state index in [1.807, 2.05) is 0 Å². The van der Waals surface area contributed by atoms with E-state index in [4.69, 9.17) is 16.6 Å². The lowest BCUT2D eigenvalue weighted by atomic mass is 10.3. The maximum atomic E-state index is 8.63. The molecule has 0 unspecified atom stereocenters. The van der Waals surface area contributed by atoms with Gasteiger partial charge >= 0.3 is 0 Å². The van der Waals surface area contributed by atoms with E-state index in [1.165, 1.54) is 4.68 Å². The van der Waals surface area contributed by atoms with E-state index < -0.39 is 6.04 Å². The molecule has 0 spiro atoms. The van der Waals surface area contributed by atoms with Gasteiger partial charge in [-0.15, -0.1) is 0 Å². The number of aromatic nitrogens is 3. The van der Waals surface area contributed by atoms with Crippen molar-refractivity contribution in [1.82, 2.24) is 14.8 Å². The number of aliphatic hydroxyl groups is 1. The first kappa shape index (κ1) is 7.96. The molecule has 0 aliphatic heterocycles. The monoisotopic (exact) mass is 157 g/mol. The summed E-state index contributed by atoms with van der Waals surface area (Å²) in [5, 5.41) is 12.5. The highest BCUT2D eigenvalue weighted by molar-refractivity contribution is 5.16. The summed E-state index contributed by atoms with van der Waals surface area (Å²) in [5.41, 5.74) is 10.8. The summed E-state index contributed by atoms with van der Waals surface area (Å²) in [7, 11) is 1.66. The second-order valence-electron chi connectivity index (χ2n) is 2.24. The van der Waals surface area contributed by atoms with Crippen LogP contribution in [0.15, 0.2) is 0 Å². The molecule has 0 saturated carbocycles. The normalized spacial score (nSPS) is 13.4. The van der Waals surface area contributed by atoms with E-state index in [-0.39, 0.29) is 6.61 Å². The quantitative estimate of drug-likeness (QED) is 0.479. The zero-order valence-corrected chi connectivity index (χ0v) is 6.23. The van der Waals surface area contributed by atoms with Gasteiger partial charge in [-0.2, -0.15) is 10.1 Å². The van der Waals surface area contributed by atoms with E-state index in [1.54, 1.807) is 7.05 Å². The molecular formula is C5H11N5O. The van der Waals surface area contributed by atoms with Crippen LogP contribution in [0.25, 0.3) is 0 Å². The number of hydrogen-bond donors (Lipinski definition) is 3. The largest absolute Gasteiger partial charge is 0.394 e. The third kappa shape index (κ3) is 1.47. The topological polar surface area (TPSA) is 103 Å². The molecule has 0 aliphatic rings. The minimum atomic E-state index is -0.543. The Morgan fingerprint density at radius 2 is 2.36 bits per heavy atom. The Labute approximate surface area is 63.8 Å². The third-order valence-corrected chi connectivity index (χ3v) is 1.34. The number of anilines is 1. The molecule has 0 bridgehead atoms. The molecule has 1 atom stereocenters. The van der Waals surface area contributed by atoms with Crippen molar-refractivity contribution in [2.75, 3.05) is 12.3 Å². The lowest BCUT2D eigenvalue weighted by Crippen LogP contribution is -2.16. The third-order valence-electron chi connectivity index (χ3n) is 1.34. The highest BCUT2D eigenvalue weighted by Crippen LogP contribution is 2.04. The number of aryl methyl sites for hydroxylation is 1. The Hall–Kier alpha value is -1.14. The molecule has 0 saturated heterocycles. The first-order valence-corrected chi connectivity index (χ1v) is 3.18. The van der Waals surface area contributed by atoms with E-state index in [0.717, 1.165) is 0 Å². The molecule has 1 heterocycles. The van der Waals surface area contributed by atoms with Crippen molar-refractivity contribution in [3.05, 3.63) is 5.82 Å². The van der Waals surface area contributed by atoms with Gasteiger partial charge in [-0.1, -0.05) is 0 Å². The summed E-state index contributed by atoms with van der Waals surface area (Å²) >= 11 is 0. The highest BCUT2D eigenvalue weighted by atomic mass is 16.3. The van der Waals surface area contributed by atoms with Gasteiger partial charge in [0.05, 0.1) is 12.6 Å². The minimum absolute atomic E-state index is 0.177. The van der Waals surface area contributed by atoms with Crippen molar-refractivity contribution in [2.24, 2.45) is 12.8 Å². The smallest absolute Gasteiger partial charge is 0.218 e. The first-order chi connectivity index (χ1) is 5.15. The fraction of sp³-hybridized carbons (Fsp3) is 0.600. The van der Waals surface area contributed by atoms with Crippen LogP contribution < -0.4 is 11.5 Å². The second kappa shape index (κ2) is 2.85. The standard InChI is InChI=1S/C5H11N5O/c1-10-5(7)8-4(9-10)3(6)2-11/h3,11H,2,6H2,1H3,(H2,7,8,9)/t3-/m1/s1. The SMILES string of the molecule is Cn1nc([C@H](N)CO)nc1N. The Morgan fingerprint density at radius 3 is 2.73 bits per heavy atom. The molecule has 6 nitrogen and oxygen atoms in total. The molecular weight excluding hydrogens is 146 g/mol. The first-order valence-electron chi connectivity index (χ1n) is 3.18. The number of nitrogens with zero attached hydrogens (tertiary/aromatic N) is 3.